The number of hydrogen-bond donors (Lipinski definition) is 0. The molecule has 1 atom stereocenters. The third-order valence-electron chi connectivity index (χ3n) is 3.80. The molecule has 0 aliphatic carbocycles. The Morgan fingerprint density at radius 2 is 2.05 bits per heavy atom. The van der Waals surface area contributed by atoms with Gasteiger partial charge < -0.3 is 9.80 Å². The van der Waals surface area contributed by atoms with E-state index in [0.717, 1.165) is 19.5 Å². The summed E-state index contributed by atoms with van der Waals surface area (Å²) in [7, 11) is 4.01. The SMILES string of the molecule is CN(C)C1CCN(c2ccc(CBr)c(C(F)(F)F)c2)C1. The summed E-state index contributed by atoms with van der Waals surface area (Å²) in [4.78, 5) is 4.15. The molecule has 1 unspecified atom stereocenters. The monoisotopic (exact) mass is 350 g/mol. The molecule has 1 saturated heterocycles. The number of alkyl halides is 4. The molecule has 0 aromatic heterocycles. The Balaban J connectivity index is 2.26. The molecular weight excluding hydrogens is 333 g/mol. The Bertz CT molecular complexity index is 474. The first-order valence-electron chi connectivity index (χ1n) is 6.50. The molecule has 0 N–H and O–H groups in total. The molecule has 0 radical (unpaired) electrons. The Hall–Kier alpha value is -0.750. The fourth-order valence-electron chi connectivity index (χ4n) is 2.54. The van der Waals surface area contributed by atoms with Gasteiger partial charge in [0.25, 0.3) is 0 Å². The third-order valence-corrected chi connectivity index (χ3v) is 4.41. The fourth-order valence-corrected chi connectivity index (χ4v) is 3.03. The molecule has 0 spiro atoms. The van der Waals surface area contributed by atoms with Crippen LogP contribution in [0.3, 0.4) is 0 Å². The van der Waals surface area contributed by atoms with Crippen LogP contribution in [0.25, 0.3) is 0 Å². The number of hydrogen-bond acceptors (Lipinski definition) is 2. The van der Waals surface area contributed by atoms with Crippen LogP contribution in [0.5, 0.6) is 0 Å². The maximum absolute atomic E-state index is 13.1. The lowest BCUT2D eigenvalue weighted by Crippen LogP contribution is -2.31. The second-order valence-electron chi connectivity index (χ2n) is 5.32. The standard InChI is InChI=1S/C14H18BrF3N2/c1-19(2)12-5-6-20(9-12)11-4-3-10(8-15)13(7-11)14(16,17)18/h3-4,7,12H,5-6,8-9H2,1-2H3. The van der Waals surface area contributed by atoms with Crippen molar-refractivity contribution in [3.05, 3.63) is 29.3 Å². The first kappa shape index (κ1) is 15.6. The van der Waals surface area contributed by atoms with Crippen LogP contribution in [0.4, 0.5) is 18.9 Å². The Morgan fingerprint density at radius 3 is 2.55 bits per heavy atom. The zero-order valence-electron chi connectivity index (χ0n) is 11.5. The highest BCUT2D eigenvalue weighted by atomic mass is 79.9. The normalized spacial score (nSPS) is 19.9. The minimum atomic E-state index is -4.31. The van der Waals surface area contributed by atoms with Crippen molar-refractivity contribution in [2.75, 3.05) is 32.1 Å². The average molecular weight is 351 g/mol. The number of rotatable bonds is 3. The minimum absolute atomic E-state index is 0.211. The first-order chi connectivity index (χ1) is 9.32. The van der Waals surface area contributed by atoms with Crippen molar-refractivity contribution in [3.8, 4) is 0 Å². The minimum Gasteiger partial charge on any atom is -0.370 e. The zero-order chi connectivity index (χ0) is 14.9. The predicted molar refractivity (Wildman–Crippen MR) is 78.4 cm³/mol. The molecule has 2 rings (SSSR count). The van der Waals surface area contributed by atoms with Crippen LogP contribution in [0.1, 0.15) is 17.5 Å². The van der Waals surface area contributed by atoms with Gasteiger partial charge in [0.15, 0.2) is 0 Å². The number of likely N-dealkylation sites (N-methyl/N-ethyl adjacent to an activating group) is 1. The summed E-state index contributed by atoms with van der Waals surface area (Å²) in [5.74, 6) is 0. The van der Waals surface area contributed by atoms with Gasteiger partial charge in [0, 0.05) is 30.1 Å². The Labute approximate surface area is 125 Å². The van der Waals surface area contributed by atoms with Gasteiger partial charge in [-0.15, -0.1) is 0 Å². The van der Waals surface area contributed by atoms with E-state index in [2.05, 4.69) is 20.8 Å². The lowest BCUT2D eigenvalue weighted by atomic mass is 10.1. The van der Waals surface area contributed by atoms with E-state index in [-0.39, 0.29) is 10.9 Å². The van der Waals surface area contributed by atoms with E-state index in [1.165, 1.54) is 6.07 Å². The van der Waals surface area contributed by atoms with Crippen molar-refractivity contribution in [2.24, 2.45) is 0 Å². The molecule has 112 valence electrons. The number of anilines is 1. The number of benzene rings is 1. The fraction of sp³-hybridized carbons (Fsp3) is 0.571. The topological polar surface area (TPSA) is 6.48 Å². The molecule has 6 heteroatoms. The van der Waals surface area contributed by atoms with E-state index in [1.807, 2.05) is 19.0 Å². The van der Waals surface area contributed by atoms with Crippen LogP contribution in [-0.2, 0) is 11.5 Å². The molecular formula is C14H18BrF3N2. The van der Waals surface area contributed by atoms with Crippen molar-refractivity contribution in [2.45, 2.75) is 24.0 Å². The van der Waals surface area contributed by atoms with Gasteiger partial charge in [0.1, 0.15) is 0 Å². The number of nitrogens with zero attached hydrogens (tertiary/aromatic N) is 2. The molecule has 1 aliphatic heterocycles. The van der Waals surface area contributed by atoms with E-state index >= 15 is 0 Å². The molecule has 1 aromatic carbocycles. The van der Waals surface area contributed by atoms with Gasteiger partial charge in [-0.05, 0) is 38.2 Å². The Morgan fingerprint density at radius 1 is 1.35 bits per heavy atom. The summed E-state index contributed by atoms with van der Waals surface area (Å²) in [5, 5.41) is 0.211. The van der Waals surface area contributed by atoms with Crippen molar-refractivity contribution >= 4 is 21.6 Å². The van der Waals surface area contributed by atoms with Gasteiger partial charge in [0.05, 0.1) is 5.56 Å². The van der Waals surface area contributed by atoms with E-state index < -0.39 is 11.7 Å². The molecule has 1 fully saturated rings. The van der Waals surface area contributed by atoms with Gasteiger partial charge in [-0.25, -0.2) is 0 Å². The third kappa shape index (κ3) is 3.28. The second-order valence-corrected chi connectivity index (χ2v) is 5.89. The summed E-state index contributed by atoms with van der Waals surface area (Å²) in [6.07, 6.45) is -3.33. The van der Waals surface area contributed by atoms with Crippen LogP contribution in [0.2, 0.25) is 0 Å². The van der Waals surface area contributed by atoms with Crippen LogP contribution in [0.15, 0.2) is 18.2 Å². The summed E-state index contributed by atoms with van der Waals surface area (Å²) in [6.45, 7) is 1.58. The zero-order valence-corrected chi connectivity index (χ0v) is 13.1. The van der Waals surface area contributed by atoms with E-state index in [0.29, 0.717) is 11.7 Å². The van der Waals surface area contributed by atoms with Gasteiger partial charge in [0.2, 0.25) is 0 Å². The van der Waals surface area contributed by atoms with E-state index in [1.54, 1.807) is 12.1 Å². The summed E-state index contributed by atoms with van der Waals surface area (Å²) in [5.41, 5.74) is 0.399. The molecule has 1 aromatic rings. The summed E-state index contributed by atoms with van der Waals surface area (Å²) < 4.78 is 39.2. The van der Waals surface area contributed by atoms with Gasteiger partial charge in [-0.3, -0.25) is 0 Å². The van der Waals surface area contributed by atoms with Crippen molar-refractivity contribution < 1.29 is 13.2 Å². The maximum Gasteiger partial charge on any atom is 0.416 e. The predicted octanol–water partition coefficient (Wildman–Crippen LogP) is 3.74. The lowest BCUT2D eigenvalue weighted by molar-refractivity contribution is -0.138. The first-order valence-corrected chi connectivity index (χ1v) is 7.62. The molecule has 1 aliphatic rings. The van der Waals surface area contributed by atoms with Crippen LogP contribution in [0, 0.1) is 0 Å². The van der Waals surface area contributed by atoms with Gasteiger partial charge >= 0.3 is 6.18 Å². The van der Waals surface area contributed by atoms with Crippen molar-refractivity contribution in [3.63, 3.8) is 0 Å². The van der Waals surface area contributed by atoms with Gasteiger partial charge in [-0.1, -0.05) is 22.0 Å². The molecule has 0 bridgehead atoms. The number of halogens is 4. The summed E-state index contributed by atoms with van der Waals surface area (Å²) >= 11 is 3.12. The quantitative estimate of drug-likeness (QED) is 0.766. The van der Waals surface area contributed by atoms with Crippen LogP contribution >= 0.6 is 15.9 Å². The second kappa shape index (κ2) is 5.93. The highest BCUT2D eigenvalue weighted by molar-refractivity contribution is 9.08. The molecule has 2 nitrogen and oxygen atoms in total. The Kier molecular flexibility index (Phi) is 4.64. The van der Waals surface area contributed by atoms with Crippen LogP contribution in [-0.4, -0.2) is 38.1 Å². The smallest absolute Gasteiger partial charge is 0.370 e. The maximum atomic E-state index is 13.1. The van der Waals surface area contributed by atoms with Crippen LogP contribution < -0.4 is 4.90 Å². The van der Waals surface area contributed by atoms with Gasteiger partial charge in [-0.2, -0.15) is 13.2 Å². The highest BCUT2D eigenvalue weighted by Crippen LogP contribution is 2.36. The summed E-state index contributed by atoms with van der Waals surface area (Å²) in [6, 6.07) is 5.02. The van der Waals surface area contributed by atoms with Crippen molar-refractivity contribution in [1.29, 1.82) is 0 Å². The lowest BCUT2D eigenvalue weighted by Gasteiger charge is -2.23. The molecule has 0 saturated carbocycles. The average Bonchev–Trinajstić information content (AvgIpc) is 2.86. The molecule has 20 heavy (non-hydrogen) atoms. The largest absolute Gasteiger partial charge is 0.416 e. The highest BCUT2D eigenvalue weighted by Gasteiger charge is 2.34. The van der Waals surface area contributed by atoms with E-state index in [4.69, 9.17) is 0 Å². The van der Waals surface area contributed by atoms with Crippen molar-refractivity contribution in [1.82, 2.24) is 4.90 Å². The molecule has 0 amide bonds. The molecule has 1 heterocycles. The van der Waals surface area contributed by atoms with E-state index in [9.17, 15) is 13.2 Å².